The molecule has 0 aliphatic carbocycles. The Kier molecular flexibility index (Phi) is 4.81. The molecule has 0 spiro atoms. The molecule has 9 heteroatoms. The molecule has 0 aliphatic rings. The number of benzene rings is 2. The number of hydrogen-bond donors (Lipinski definition) is 1. The number of nitrogens with zero attached hydrogens (tertiary/aromatic N) is 4. The Labute approximate surface area is 155 Å². The Morgan fingerprint density at radius 2 is 2.12 bits per heavy atom. The molecule has 1 heterocycles. The SMILES string of the molecule is CCc1nc2ccc(Br)cc2c(=O)n1N=Cc1ccc(O)c([N+](=O)[O-])c1. The summed E-state index contributed by atoms with van der Waals surface area (Å²) in [5.41, 5.74) is 0.176. The van der Waals surface area contributed by atoms with Gasteiger partial charge in [-0.25, -0.2) is 4.98 Å². The fraction of sp³-hybridized carbons (Fsp3) is 0.118. The van der Waals surface area contributed by atoms with Crippen molar-refractivity contribution >= 4 is 38.7 Å². The van der Waals surface area contributed by atoms with E-state index in [1.165, 1.54) is 29.1 Å². The van der Waals surface area contributed by atoms with Crippen molar-refractivity contribution in [3.8, 4) is 5.75 Å². The van der Waals surface area contributed by atoms with Crippen molar-refractivity contribution in [2.45, 2.75) is 13.3 Å². The zero-order valence-electron chi connectivity index (χ0n) is 13.6. The van der Waals surface area contributed by atoms with Crippen LogP contribution in [0.15, 0.2) is 50.8 Å². The Balaban J connectivity index is 2.12. The van der Waals surface area contributed by atoms with E-state index in [4.69, 9.17) is 0 Å². The van der Waals surface area contributed by atoms with Gasteiger partial charge in [0.05, 0.1) is 22.0 Å². The highest BCUT2D eigenvalue weighted by molar-refractivity contribution is 9.10. The number of aromatic nitrogens is 2. The quantitative estimate of drug-likeness (QED) is 0.398. The summed E-state index contributed by atoms with van der Waals surface area (Å²) in [6.07, 6.45) is 1.80. The topological polar surface area (TPSA) is 111 Å². The van der Waals surface area contributed by atoms with E-state index >= 15 is 0 Å². The van der Waals surface area contributed by atoms with Gasteiger partial charge in [0.15, 0.2) is 5.75 Å². The zero-order valence-corrected chi connectivity index (χ0v) is 15.2. The number of fused-ring (bicyclic) bond motifs is 1. The van der Waals surface area contributed by atoms with Gasteiger partial charge >= 0.3 is 5.69 Å². The van der Waals surface area contributed by atoms with Crippen molar-refractivity contribution < 1.29 is 10.0 Å². The van der Waals surface area contributed by atoms with Crippen molar-refractivity contribution in [1.29, 1.82) is 0 Å². The van der Waals surface area contributed by atoms with E-state index < -0.39 is 16.4 Å². The Hall–Kier alpha value is -3.07. The monoisotopic (exact) mass is 416 g/mol. The van der Waals surface area contributed by atoms with Crippen LogP contribution in [-0.4, -0.2) is 25.9 Å². The third-order valence-corrected chi connectivity index (χ3v) is 4.20. The largest absolute Gasteiger partial charge is 0.502 e. The van der Waals surface area contributed by atoms with Crippen LogP contribution in [0.4, 0.5) is 5.69 Å². The summed E-state index contributed by atoms with van der Waals surface area (Å²) in [6.45, 7) is 1.85. The Morgan fingerprint density at radius 3 is 2.81 bits per heavy atom. The predicted octanol–water partition coefficient (Wildman–Crippen LogP) is 3.22. The molecule has 1 aromatic heterocycles. The molecule has 0 aliphatic heterocycles. The number of halogens is 1. The van der Waals surface area contributed by atoms with Crippen molar-refractivity contribution in [2.75, 3.05) is 0 Å². The highest BCUT2D eigenvalue weighted by atomic mass is 79.9. The van der Waals surface area contributed by atoms with Crippen LogP contribution in [0.25, 0.3) is 10.9 Å². The first kappa shape index (κ1) is 17.7. The molecule has 0 fully saturated rings. The number of aryl methyl sites for hydroxylation is 1. The summed E-state index contributed by atoms with van der Waals surface area (Å²) in [5.74, 6) is 0.0325. The summed E-state index contributed by atoms with van der Waals surface area (Å²) >= 11 is 3.33. The van der Waals surface area contributed by atoms with Gasteiger partial charge in [0, 0.05) is 22.5 Å². The molecule has 26 heavy (non-hydrogen) atoms. The lowest BCUT2D eigenvalue weighted by molar-refractivity contribution is -0.385. The van der Waals surface area contributed by atoms with E-state index in [1.54, 1.807) is 18.2 Å². The standard InChI is InChI=1S/C17H13BrN4O4/c1-2-16-20-13-5-4-11(18)8-12(13)17(24)21(16)19-9-10-3-6-15(23)14(7-10)22(25)26/h3-9,23H,2H2,1H3. The summed E-state index contributed by atoms with van der Waals surface area (Å²) in [5, 5.41) is 25.0. The average Bonchev–Trinajstić information content (AvgIpc) is 2.62. The van der Waals surface area contributed by atoms with Gasteiger partial charge in [-0.3, -0.25) is 14.9 Å². The van der Waals surface area contributed by atoms with Crippen LogP contribution in [0.5, 0.6) is 5.75 Å². The molecule has 8 nitrogen and oxygen atoms in total. The summed E-state index contributed by atoms with van der Waals surface area (Å²) in [7, 11) is 0. The van der Waals surface area contributed by atoms with Crippen LogP contribution in [0.1, 0.15) is 18.3 Å². The lowest BCUT2D eigenvalue weighted by atomic mass is 10.2. The van der Waals surface area contributed by atoms with E-state index in [2.05, 4.69) is 26.0 Å². The highest BCUT2D eigenvalue weighted by Gasteiger charge is 2.13. The molecular formula is C17H13BrN4O4. The maximum Gasteiger partial charge on any atom is 0.311 e. The van der Waals surface area contributed by atoms with Crippen molar-refractivity contribution in [2.24, 2.45) is 5.10 Å². The maximum absolute atomic E-state index is 12.8. The number of rotatable bonds is 4. The van der Waals surface area contributed by atoms with Crippen LogP contribution in [0.2, 0.25) is 0 Å². The first-order chi connectivity index (χ1) is 12.4. The molecule has 0 saturated heterocycles. The van der Waals surface area contributed by atoms with Gasteiger partial charge in [0.1, 0.15) is 5.82 Å². The minimum Gasteiger partial charge on any atom is -0.502 e. The fourth-order valence-electron chi connectivity index (χ4n) is 2.43. The molecular weight excluding hydrogens is 404 g/mol. The molecule has 0 unspecified atom stereocenters. The second-order valence-corrected chi connectivity index (χ2v) is 6.33. The second-order valence-electron chi connectivity index (χ2n) is 5.41. The van der Waals surface area contributed by atoms with Crippen molar-refractivity contribution in [1.82, 2.24) is 9.66 Å². The lowest BCUT2D eigenvalue weighted by Crippen LogP contribution is -2.22. The minimum absolute atomic E-state index is 0.335. The Morgan fingerprint density at radius 1 is 1.35 bits per heavy atom. The average molecular weight is 417 g/mol. The molecule has 0 saturated carbocycles. The van der Waals surface area contributed by atoms with Gasteiger partial charge in [-0.2, -0.15) is 9.78 Å². The molecule has 1 N–H and O–H groups in total. The number of phenols is 1. The highest BCUT2D eigenvalue weighted by Crippen LogP contribution is 2.25. The molecule has 3 aromatic rings. The van der Waals surface area contributed by atoms with Crippen LogP contribution in [0, 0.1) is 10.1 Å². The molecule has 0 bridgehead atoms. The molecule has 0 radical (unpaired) electrons. The van der Waals surface area contributed by atoms with E-state index in [-0.39, 0.29) is 5.56 Å². The Bertz CT molecular complexity index is 1110. The molecule has 132 valence electrons. The summed E-state index contributed by atoms with van der Waals surface area (Å²) in [6, 6.07) is 9.07. The minimum atomic E-state index is -0.689. The number of aromatic hydroxyl groups is 1. The summed E-state index contributed by atoms with van der Waals surface area (Å²) < 4.78 is 1.92. The van der Waals surface area contributed by atoms with Crippen LogP contribution >= 0.6 is 15.9 Å². The molecule has 2 aromatic carbocycles. The number of phenolic OH excluding ortho intramolecular Hbond substituents is 1. The third kappa shape index (κ3) is 3.33. The van der Waals surface area contributed by atoms with Gasteiger partial charge in [0.25, 0.3) is 5.56 Å². The van der Waals surface area contributed by atoms with Gasteiger partial charge in [-0.1, -0.05) is 22.9 Å². The third-order valence-electron chi connectivity index (χ3n) is 3.71. The summed E-state index contributed by atoms with van der Waals surface area (Å²) in [4.78, 5) is 27.4. The first-order valence-electron chi connectivity index (χ1n) is 7.63. The zero-order chi connectivity index (χ0) is 18.8. The van der Waals surface area contributed by atoms with E-state index in [9.17, 15) is 20.0 Å². The van der Waals surface area contributed by atoms with E-state index in [0.717, 1.165) is 4.47 Å². The number of nitro benzene ring substituents is 1. The molecule has 0 amide bonds. The normalized spacial score (nSPS) is 11.3. The predicted molar refractivity (Wildman–Crippen MR) is 101 cm³/mol. The van der Waals surface area contributed by atoms with Gasteiger partial charge < -0.3 is 5.11 Å². The van der Waals surface area contributed by atoms with Crippen molar-refractivity contribution in [3.63, 3.8) is 0 Å². The number of nitro groups is 1. The molecule has 0 atom stereocenters. The fourth-order valence-corrected chi connectivity index (χ4v) is 2.80. The lowest BCUT2D eigenvalue weighted by Gasteiger charge is -2.07. The van der Waals surface area contributed by atoms with E-state index in [0.29, 0.717) is 28.7 Å². The van der Waals surface area contributed by atoms with Gasteiger partial charge in [-0.05, 0) is 30.3 Å². The maximum atomic E-state index is 12.8. The van der Waals surface area contributed by atoms with Gasteiger partial charge in [-0.15, -0.1) is 0 Å². The van der Waals surface area contributed by atoms with Crippen LogP contribution < -0.4 is 5.56 Å². The second kappa shape index (κ2) is 7.04. The van der Waals surface area contributed by atoms with Gasteiger partial charge in [0.2, 0.25) is 0 Å². The molecule has 3 rings (SSSR count). The van der Waals surface area contributed by atoms with E-state index in [1.807, 2.05) is 6.92 Å². The van der Waals surface area contributed by atoms with Crippen LogP contribution in [0.3, 0.4) is 0 Å². The first-order valence-corrected chi connectivity index (χ1v) is 8.43. The number of hydrogen-bond acceptors (Lipinski definition) is 6. The van der Waals surface area contributed by atoms with Crippen molar-refractivity contribution in [3.05, 3.63) is 72.7 Å². The van der Waals surface area contributed by atoms with Crippen LogP contribution in [-0.2, 0) is 6.42 Å². The smallest absolute Gasteiger partial charge is 0.311 e.